The van der Waals surface area contributed by atoms with E-state index in [1.165, 1.54) is 4.90 Å². The number of benzene rings is 3. The Labute approximate surface area is 174 Å². The van der Waals surface area contributed by atoms with Crippen LogP contribution < -0.4 is 4.74 Å². The van der Waals surface area contributed by atoms with Crippen molar-refractivity contribution in [1.29, 1.82) is 0 Å². The maximum absolute atomic E-state index is 13.5. The standard InChI is InChI=1S/C24H21NO5/c1-29-19-14-12-18(13-15-19)23-25(22(26)17-10-6-3-7-11-17)20(21(30-23)24(27)28)16-8-4-2-5-9-16/h2-15,20-21,23H,1H3,(H,27,28)/t20-,21-,23?/m0/s1. The van der Waals surface area contributed by atoms with E-state index in [1.807, 2.05) is 36.4 Å². The highest BCUT2D eigenvalue weighted by molar-refractivity contribution is 5.95. The summed E-state index contributed by atoms with van der Waals surface area (Å²) in [6.07, 6.45) is -2.05. The quantitative estimate of drug-likeness (QED) is 0.695. The summed E-state index contributed by atoms with van der Waals surface area (Å²) in [5.41, 5.74) is 1.83. The number of aliphatic carboxylic acids is 1. The summed E-state index contributed by atoms with van der Waals surface area (Å²) in [6.45, 7) is 0. The molecule has 1 saturated heterocycles. The highest BCUT2D eigenvalue weighted by Crippen LogP contribution is 2.44. The van der Waals surface area contributed by atoms with Gasteiger partial charge in [-0.25, -0.2) is 4.79 Å². The lowest BCUT2D eigenvalue weighted by Crippen LogP contribution is -2.36. The van der Waals surface area contributed by atoms with E-state index in [0.29, 0.717) is 22.4 Å². The van der Waals surface area contributed by atoms with Crippen molar-refractivity contribution in [1.82, 2.24) is 4.90 Å². The number of methoxy groups -OCH3 is 1. The Morgan fingerprint density at radius 1 is 0.867 bits per heavy atom. The molecular weight excluding hydrogens is 382 g/mol. The molecule has 1 heterocycles. The van der Waals surface area contributed by atoms with Crippen LogP contribution in [0.2, 0.25) is 0 Å². The first kappa shape index (κ1) is 19.7. The second kappa shape index (κ2) is 8.39. The van der Waals surface area contributed by atoms with Crippen LogP contribution in [0.5, 0.6) is 5.75 Å². The number of hydrogen-bond acceptors (Lipinski definition) is 4. The highest BCUT2D eigenvalue weighted by atomic mass is 16.6. The lowest BCUT2D eigenvalue weighted by atomic mass is 9.99. The minimum atomic E-state index is -1.20. The fourth-order valence-electron chi connectivity index (χ4n) is 3.72. The third-order valence-corrected chi connectivity index (χ3v) is 5.16. The molecule has 3 atom stereocenters. The van der Waals surface area contributed by atoms with E-state index >= 15 is 0 Å². The Kier molecular flexibility index (Phi) is 5.50. The molecule has 1 aliphatic heterocycles. The molecule has 0 bridgehead atoms. The van der Waals surface area contributed by atoms with Crippen molar-refractivity contribution in [2.24, 2.45) is 0 Å². The zero-order valence-electron chi connectivity index (χ0n) is 16.3. The zero-order valence-corrected chi connectivity index (χ0v) is 16.3. The molecule has 3 aromatic rings. The zero-order chi connectivity index (χ0) is 21.1. The van der Waals surface area contributed by atoms with Gasteiger partial charge in [0.25, 0.3) is 5.91 Å². The number of rotatable bonds is 5. The number of carbonyl (C=O) groups is 2. The maximum Gasteiger partial charge on any atom is 0.335 e. The van der Waals surface area contributed by atoms with Crippen LogP contribution in [0, 0.1) is 0 Å². The second-order valence-corrected chi connectivity index (χ2v) is 6.95. The predicted octanol–water partition coefficient (Wildman–Crippen LogP) is 4.06. The molecule has 0 radical (unpaired) electrons. The summed E-state index contributed by atoms with van der Waals surface area (Å²) in [4.78, 5) is 27.1. The molecule has 6 heteroatoms. The van der Waals surface area contributed by atoms with Gasteiger partial charge in [-0.15, -0.1) is 0 Å². The fourth-order valence-corrected chi connectivity index (χ4v) is 3.72. The molecule has 0 saturated carbocycles. The monoisotopic (exact) mass is 403 g/mol. The molecule has 152 valence electrons. The van der Waals surface area contributed by atoms with Crippen molar-refractivity contribution in [2.75, 3.05) is 7.11 Å². The highest BCUT2D eigenvalue weighted by Gasteiger charge is 2.49. The molecule has 0 aliphatic carbocycles. The van der Waals surface area contributed by atoms with Crippen molar-refractivity contribution >= 4 is 11.9 Å². The number of carbonyl (C=O) groups excluding carboxylic acids is 1. The first-order chi connectivity index (χ1) is 14.6. The molecule has 3 aromatic carbocycles. The fraction of sp³-hybridized carbons (Fsp3) is 0.167. The van der Waals surface area contributed by atoms with Crippen LogP contribution in [0.4, 0.5) is 0 Å². The van der Waals surface area contributed by atoms with E-state index in [9.17, 15) is 14.7 Å². The molecule has 1 unspecified atom stereocenters. The summed E-state index contributed by atoms with van der Waals surface area (Å²) >= 11 is 0. The summed E-state index contributed by atoms with van der Waals surface area (Å²) in [5, 5.41) is 9.88. The van der Waals surface area contributed by atoms with Crippen LogP contribution >= 0.6 is 0 Å². The maximum atomic E-state index is 13.5. The van der Waals surface area contributed by atoms with Crippen LogP contribution in [0.15, 0.2) is 84.9 Å². The van der Waals surface area contributed by atoms with E-state index in [4.69, 9.17) is 9.47 Å². The number of carboxylic acids is 1. The third kappa shape index (κ3) is 3.65. The van der Waals surface area contributed by atoms with E-state index in [-0.39, 0.29) is 5.91 Å². The molecule has 1 fully saturated rings. The third-order valence-electron chi connectivity index (χ3n) is 5.16. The van der Waals surface area contributed by atoms with Crippen LogP contribution in [0.25, 0.3) is 0 Å². The van der Waals surface area contributed by atoms with Crippen LogP contribution in [0.3, 0.4) is 0 Å². The van der Waals surface area contributed by atoms with Gasteiger partial charge < -0.3 is 14.6 Å². The van der Waals surface area contributed by atoms with E-state index in [0.717, 1.165) is 0 Å². The van der Waals surface area contributed by atoms with E-state index in [2.05, 4.69) is 0 Å². The van der Waals surface area contributed by atoms with Crippen molar-refractivity contribution < 1.29 is 24.2 Å². The van der Waals surface area contributed by atoms with Crippen molar-refractivity contribution in [3.05, 3.63) is 102 Å². The minimum absolute atomic E-state index is 0.297. The average molecular weight is 403 g/mol. The molecule has 0 spiro atoms. The van der Waals surface area contributed by atoms with Crippen LogP contribution in [0.1, 0.15) is 33.8 Å². The first-order valence-corrected chi connectivity index (χ1v) is 9.55. The van der Waals surface area contributed by atoms with Gasteiger partial charge >= 0.3 is 5.97 Å². The Morgan fingerprint density at radius 2 is 1.47 bits per heavy atom. The van der Waals surface area contributed by atoms with Crippen molar-refractivity contribution in [3.8, 4) is 5.75 Å². The molecule has 1 aliphatic rings. The number of amides is 1. The lowest BCUT2D eigenvalue weighted by molar-refractivity contribution is -0.150. The molecule has 4 rings (SSSR count). The van der Waals surface area contributed by atoms with Gasteiger partial charge in [0.05, 0.1) is 13.2 Å². The SMILES string of the molecule is COc1ccc(C2O[C@H](C(=O)O)[C@H](c3ccccc3)N2C(=O)c2ccccc2)cc1. The number of carboxylic acid groups (broad SMARTS) is 1. The predicted molar refractivity (Wildman–Crippen MR) is 110 cm³/mol. The van der Waals surface area contributed by atoms with Crippen LogP contribution in [-0.2, 0) is 9.53 Å². The smallest absolute Gasteiger partial charge is 0.335 e. The van der Waals surface area contributed by atoms with Crippen LogP contribution in [-0.4, -0.2) is 35.1 Å². The van der Waals surface area contributed by atoms with E-state index in [1.54, 1.807) is 55.6 Å². The molecule has 30 heavy (non-hydrogen) atoms. The van der Waals surface area contributed by atoms with Crippen molar-refractivity contribution in [2.45, 2.75) is 18.4 Å². The summed E-state index contributed by atoms with van der Waals surface area (Å²) in [7, 11) is 1.57. The summed E-state index contributed by atoms with van der Waals surface area (Å²) in [5.74, 6) is -0.758. The second-order valence-electron chi connectivity index (χ2n) is 6.95. The summed E-state index contributed by atoms with van der Waals surface area (Å²) < 4.78 is 11.2. The average Bonchev–Trinajstić information content (AvgIpc) is 3.21. The largest absolute Gasteiger partial charge is 0.497 e. The van der Waals surface area contributed by atoms with Crippen molar-refractivity contribution in [3.63, 3.8) is 0 Å². The molecule has 6 nitrogen and oxygen atoms in total. The Bertz CT molecular complexity index is 1020. The van der Waals surface area contributed by atoms with Gasteiger partial charge in [-0.2, -0.15) is 0 Å². The molecular formula is C24H21NO5. The molecule has 1 amide bonds. The van der Waals surface area contributed by atoms with Gasteiger partial charge in [0.15, 0.2) is 12.3 Å². The number of nitrogens with zero attached hydrogens (tertiary/aromatic N) is 1. The van der Waals surface area contributed by atoms with E-state index < -0.39 is 24.3 Å². The molecule has 0 aromatic heterocycles. The Morgan fingerprint density at radius 3 is 2.03 bits per heavy atom. The van der Waals surface area contributed by atoms with Gasteiger partial charge in [-0.3, -0.25) is 9.69 Å². The Balaban J connectivity index is 1.83. The minimum Gasteiger partial charge on any atom is -0.497 e. The molecule has 1 N–H and O–H groups in total. The number of hydrogen-bond donors (Lipinski definition) is 1. The van der Waals surface area contributed by atoms with Gasteiger partial charge in [0.2, 0.25) is 0 Å². The lowest BCUT2D eigenvalue weighted by Gasteiger charge is -2.29. The van der Waals surface area contributed by atoms with Gasteiger partial charge in [-0.05, 0) is 29.8 Å². The van der Waals surface area contributed by atoms with Gasteiger partial charge in [0, 0.05) is 11.1 Å². The van der Waals surface area contributed by atoms with Gasteiger partial charge in [-0.1, -0.05) is 60.7 Å². The first-order valence-electron chi connectivity index (χ1n) is 9.55. The Hall–Kier alpha value is -3.64. The number of ether oxygens (including phenoxy) is 2. The van der Waals surface area contributed by atoms with Gasteiger partial charge in [0.1, 0.15) is 5.75 Å². The topological polar surface area (TPSA) is 76.1 Å². The normalized spacial score (nSPS) is 20.7. The summed E-state index contributed by atoms with van der Waals surface area (Å²) in [6, 6.07) is 24.2.